The molecule has 1 heterocycles. The monoisotopic (exact) mass is 406 g/mol. The Morgan fingerprint density at radius 1 is 1.37 bits per heavy atom. The molecule has 2 aromatic rings. The highest BCUT2D eigenvalue weighted by molar-refractivity contribution is 9.10. The SMILES string of the molecule is Cc1nn(C)c(COc2ccc(CCl)cc2Br)c1Br. The molecule has 0 saturated carbocycles. The van der Waals surface area contributed by atoms with Crippen molar-refractivity contribution in [3.8, 4) is 5.75 Å². The third-order valence-electron chi connectivity index (χ3n) is 2.78. The summed E-state index contributed by atoms with van der Waals surface area (Å²) in [7, 11) is 1.90. The molecular formula is C13H13Br2ClN2O. The second kappa shape index (κ2) is 6.29. The summed E-state index contributed by atoms with van der Waals surface area (Å²) in [5, 5.41) is 4.33. The summed E-state index contributed by atoms with van der Waals surface area (Å²) in [6, 6.07) is 5.83. The van der Waals surface area contributed by atoms with Gasteiger partial charge in [0.1, 0.15) is 12.4 Å². The summed E-state index contributed by atoms with van der Waals surface area (Å²) in [6.45, 7) is 2.41. The van der Waals surface area contributed by atoms with Gasteiger partial charge in [0.05, 0.1) is 20.3 Å². The van der Waals surface area contributed by atoms with Crippen molar-refractivity contribution in [3.63, 3.8) is 0 Å². The molecule has 0 amide bonds. The highest BCUT2D eigenvalue weighted by atomic mass is 79.9. The number of halogens is 3. The van der Waals surface area contributed by atoms with Crippen molar-refractivity contribution < 1.29 is 4.74 Å². The molecule has 0 unspecified atom stereocenters. The lowest BCUT2D eigenvalue weighted by atomic mass is 10.2. The van der Waals surface area contributed by atoms with E-state index in [9.17, 15) is 0 Å². The first-order valence-corrected chi connectivity index (χ1v) is 7.80. The number of nitrogens with zero attached hydrogens (tertiary/aromatic N) is 2. The van der Waals surface area contributed by atoms with Gasteiger partial charge in [-0.1, -0.05) is 6.07 Å². The zero-order valence-electron chi connectivity index (χ0n) is 10.6. The number of hydrogen-bond acceptors (Lipinski definition) is 2. The molecular weight excluding hydrogens is 395 g/mol. The van der Waals surface area contributed by atoms with Crippen LogP contribution in [0.15, 0.2) is 27.1 Å². The lowest BCUT2D eigenvalue weighted by Crippen LogP contribution is -2.04. The molecule has 0 saturated heterocycles. The van der Waals surface area contributed by atoms with Crippen LogP contribution < -0.4 is 4.74 Å². The van der Waals surface area contributed by atoms with Crippen molar-refractivity contribution in [1.82, 2.24) is 9.78 Å². The fourth-order valence-corrected chi connectivity index (χ4v) is 2.88. The summed E-state index contributed by atoms with van der Waals surface area (Å²) >= 11 is 12.8. The van der Waals surface area contributed by atoms with Crippen LogP contribution in [0.4, 0.5) is 0 Å². The summed E-state index contributed by atoms with van der Waals surface area (Å²) in [4.78, 5) is 0. The predicted molar refractivity (Wildman–Crippen MR) is 83.7 cm³/mol. The molecule has 0 aliphatic rings. The van der Waals surface area contributed by atoms with Crippen LogP contribution in [0.3, 0.4) is 0 Å². The molecule has 6 heteroatoms. The van der Waals surface area contributed by atoms with E-state index in [0.717, 1.165) is 31.6 Å². The van der Waals surface area contributed by atoms with Crippen LogP contribution in [0.1, 0.15) is 17.0 Å². The number of rotatable bonds is 4. The van der Waals surface area contributed by atoms with Gasteiger partial charge >= 0.3 is 0 Å². The molecule has 1 aromatic heterocycles. The molecule has 1 aromatic carbocycles. The molecule has 3 nitrogen and oxygen atoms in total. The smallest absolute Gasteiger partial charge is 0.134 e. The van der Waals surface area contributed by atoms with E-state index in [4.69, 9.17) is 16.3 Å². The quantitative estimate of drug-likeness (QED) is 0.693. The highest BCUT2D eigenvalue weighted by Gasteiger charge is 2.12. The third kappa shape index (κ3) is 3.33. The number of ether oxygens (including phenoxy) is 1. The van der Waals surface area contributed by atoms with Gasteiger partial charge in [-0.3, -0.25) is 4.68 Å². The van der Waals surface area contributed by atoms with E-state index in [2.05, 4.69) is 37.0 Å². The number of alkyl halides is 1. The first-order chi connectivity index (χ1) is 9.02. The molecule has 0 spiro atoms. The highest BCUT2D eigenvalue weighted by Crippen LogP contribution is 2.28. The average Bonchev–Trinajstić information content (AvgIpc) is 2.62. The molecule has 0 N–H and O–H groups in total. The van der Waals surface area contributed by atoms with E-state index in [-0.39, 0.29) is 0 Å². The second-order valence-electron chi connectivity index (χ2n) is 4.16. The van der Waals surface area contributed by atoms with Crippen molar-refractivity contribution in [2.24, 2.45) is 7.05 Å². The number of benzene rings is 1. The van der Waals surface area contributed by atoms with Crippen LogP contribution in [0.5, 0.6) is 5.75 Å². The zero-order chi connectivity index (χ0) is 14.0. The van der Waals surface area contributed by atoms with Gasteiger partial charge < -0.3 is 4.74 Å². The molecule has 0 atom stereocenters. The van der Waals surface area contributed by atoms with Crippen molar-refractivity contribution in [2.45, 2.75) is 19.4 Å². The van der Waals surface area contributed by atoms with Gasteiger partial charge in [0.15, 0.2) is 0 Å². The van der Waals surface area contributed by atoms with E-state index in [1.807, 2.05) is 36.9 Å². The Kier molecular flexibility index (Phi) is 4.92. The molecule has 19 heavy (non-hydrogen) atoms. The summed E-state index contributed by atoms with van der Waals surface area (Å²) in [5.74, 6) is 1.28. The fraction of sp³-hybridized carbons (Fsp3) is 0.308. The molecule has 0 radical (unpaired) electrons. The fourth-order valence-electron chi connectivity index (χ4n) is 1.73. The third-order valence-corrected chi connectivity index (χ3v) is 4.74. The van der Waals surface area contributed by atoms with E-state index in [1.54, 1.807) is 0 Å². The van der Waals surface area contributed by atoms with Gasteiger partial charge in [0.2, 0.25) is 0 Å². The Balaban J connectivity index is 2.14. The minimum atomic E-state index is 0.455. The number of hydrogen-bond donors (Lipinski definition) is 0. The summed E-state index contributed by atoms with van der Waals surface area (Å²) < 4.78 is 9.53. The van der Waals surface area contributed by atoms with Gasteiger partial charge in [0, 0.05) is 12.9 Å². The maximum Gasteiger partial charge on any atom is 0.134 e. The van der Waals surface area contributed by atoms with E-state index < -0.39 is 0 Å². The first-order valence-electron chi connectivity index (χ1n) is 5.68. The average molecular weight is 409 g/mol. The lowest BCUT2D eigenvalue weighted by Gasteiger charge is -2.09. The van der Waals surface area contributed by atoms with Crippen LogP contribution in [0.25, 0.3) is 0 Å². The topological polar surface area (TPSA) is 27.1 Å². The number of aromatic nitrogens is 2. The van der Waals surface area contributed by atoms with Gasteiger partial charge in [-0.25, -0.2) is 0 Å². The molecule has 2 rings (SSSR count). The molecule has 0 aliphatic heterocycles. The van der Waals surface area contributed by atoms with Crippen LogP contribution in [-0.4, -0.2) is 9.78 Å². The lowest BCUT2D eigenvalue weighted by molar-refractivity contribution is 0.292. The molecule has 102 valence electrons. The Morgan fingerprint density at radius 2 is 2.11 bits per heavy atom. The van der Waals surface area contributed by atoms with E-state index in [0.29, 0.717) is 12.5 Å². The van der Waals surface area contributed by atoms with Crippen LogP contribution in [0, 0.1) is 6.92 Å². The van der Waals surface area contributed by atoms with Gasteiger partial charge in [0.25, 0.3) is 0 Å². The van der Waals surface area contributed by atoms with Crippen molar-refractivity contribution in [1.29, 1.82) is 0 Å². The van der Waals surface area contributed by atoms with Crippen molar-refractivity contribution in [2.75, 3.05) is 0 Å². The Bertz CT molecular complexity index is 599. The van der Waals surface area contributed by atoms with Gasteiger partial charge in [-0.15, -0.1) is 11.6 Å². The first kappa shape index (κ1) is 14.9. The normalized spacial score (nSPS) is 10.8. The minimum Gasteiger partial charge on any atom is -0.486 e. The van der Waals surface area contributed by atoms with Crippen molar-refractivity contribution in [3.05, 3.63) is 44.1 Å². The van der Waals surface area contributed by atoms with E-state index >= 15 is 0 Å². The Morgan fingerprint density at radius 3 is 2.63 bits per heavy atom. The molecule has 0 fully saturated rings. The maximum absolute atomic E-state index is 5.82. The van der Waals surface area contributed by atoms with Crippen LogP contribution in [0.2, 0.25) is 0 Å². The van der Waals surface area contributed by atoms with Crippen LogP contribution in [-0.2, 0) is 19.5 Å². The largest absolute Gasteiger partial charge is 0.486 e. The zero-order valence-corrected chi connectivity index (χ0v) is 14.5. The van der Waals surface area contributed by atoms with Crippen molar-refractivity contribution >= 4 is 43.5 Å². The van der Waals surface area contributed by atoms with Gasteiger partial charge in [-0.05, 0) is 56.5 Å². The standard InChI is InChI=1S/C13H13Br2ClN2O/c1-8-13(15)11(18(2)17-8)7-19-12-4-3-9(6-16)5-10(12)14/h3-5H,6-7H2,1-2H3. The molecule has 0 bridgehead atoms. The Labute approximate surface area is 134 Å². The molecule has 0 aliphatic carbocycles. The van der Waals surface area contributed by atoms with Gasteiger partial charge in [-0.2, -0.15) is 5.10 Å². The summed E-state index contributed by atoms with van der Waals surface area (Å²) in [6.07, 6.45) is 0. The maximum atomic E-state index is 5.82. The number of aryl methyl sites for hydroxylation is 2. The Hall–Kier alpha value is -0.520. The van der Waals surface area contributed by atoms with E-state index in [1.165, 1.54) is 0 Å². The van der Waals surface area contributed by atoms with Crippen LogP contribution >= 0.6 is 43.5 Å². The summed E-state index contributed by atoms with van der Waals surface area (Å²) in [5.41, 5.74) is 3.02. The minimum absolute atomic E-state index is 0.455. The second-order valence-corrected chi connectivity index (χ2v) is 6.07. The predicted octanol–water partition coefficient (Wildman–Crippen LogP) is 4.57.